The summed E-state index contributed by atoms with van der Waals surface area (Å²) in [7, 11) is 0. The molecular formula is C15H14BrF2N. The fourth-order valence-electron chi connectivity index (χ4n) is 1.88. The Morgan fingerprint density at radius 3 is 2.32 bits per heavy atom. The molecule has 0 aliphatic heterocycles. The first-order valence-corrected chi connectivity index (χ1v) is 6.66. The molecule has 0 amide bonds. The van der Waals surface area contributed by atoms with Gasteiger partial charge in [0.05, 0.1) is 6.04 Å². The van der Waals surface area contributed by atoms with Gasteiger partial charge in [0.1, 0.15) is 11.6 Å². The molecule has 0 spiro atoms. The molecule has 0 fully saturated rings. The minimum atomic E-state index is -0.688. The van der Waals surface area contributed by atoms with Crippen LogP contribution in [0, 0.1) is 25.5 Å². The predicted octanol–water partition coefficient (Wildman–Crippen LogP) is 4.39. The van der Waals surface area contributed by atoms with E-state index in [4.69, 9.17) is 5.73 Å². The van der Waals surface area contributed by atoms with Crippen LogP contribution >= 0.6 is 15.9 Å². The van der Waals surface area contributed by atoms with E-state index in [1.54, 1.807) is 0 Å². The van der Waals surface area contributed by atoms with Gasteiger partial charge in [-0.1, -0.05) is 28.1 Å². The van der Waals surface area contributed by atoms with Crippen LogP contribution in [-0.4, -0.2) is 0 Å². The molecule has 1 unspecified atom stereocenters. The summed E-state index contributed by atoms with van der Waals surface area (Å²) < 4.78 is 28.3. The lowest BCUT2D eigenvalue weighted by molar-refractivity contribution is 0.570. The van der Waals surface area contributed by atoms with Gasteiger partial charge in [-0.3, -0.25) is 0 Å². The van der Waals surface area contributed by atoms with Crippen molar-refractivity contribution < 1.29 is 8.78 Å². The molecule has 2 rings (SSSR count). The minimum Gasteiger partial charge on any atom is -0.320 e. The number of aryl methyl sites for hydroxylation is 2. The van der Waals surface area contributed by atoms with E-state index in [2.05, 4.69) is 15.9 Å². The van der Waals surface area contributed by atoms with Crippen LogP contribution in [0.4, 0.5) is 8.78 Å². The average molecular weight is 326 g/mol. The van der Waals surface area contributed by atoms with Gasteiger partial charge in [0, 0.05) is 10.0 Å². The van der Waals surface area contributed by atoms with Crippen molar-refractivity contribution in [2.24, 2.45) is 5.73 Å². The molecule has 0 aliphatic carbocycles. The monoisotopic (exact) mass is 325 g/mol. The number of halogens is 3. The van der Waals surface area contributed by atoms with E-state index in [1.165, 1.54) is 19.1 Å². The summed E-state index contributed by atoms with van der Waals surface area (Å²) in [5.74, 6) is -0.930. The Bertz CT molecular complexity index is 626. The molecule has 2 aromatic carbocycles. The van der Waals surface area contributed by atoms with Gasteiger partial charge in [-0.15, -0.1) is 0 Å². The van der Waals surface area contributed by atoms with Gasteiger partial charge in [0.2, 0.25) is 0 Å². The van der Waals surface area contributed by atoms with Crippen molar-refractivity contribution in [3.63, 3.8) is 0 Å². The van der Waals surface area contributed by atoms with Gasteiger partial charge in [0.25, 0.3) is 0 Å². The normalized spacial score (nSPS) is 12.5. The highest BCUT2D eigenvalue weighted by Crippen LogP contribution is 2.27. The van der Waals surface area contributed by atoms with Crippen LogP contribution in [0.1, 0.15) is 28.3 Å². The SMILES string of the molecule is Cc1cc(F)c(C(N)c2ccc(C)c(Br)c2)cc1F. The molecule has 1 atom stereocenters. The van der Waals surface area contributed by atoms with Crippen LogP contribution in [-0.2, 0) is 0 Å². The molecule has 4 heteroatoms. The van der Waals surface area contributed by atoms with E-state index in [-0.39, 0.29) is 11.1 Å². The lowest BCUT2D eigenvalue weighted by Crippen LogP contribution is -2.14. The van der Waals surface area contributed by atoms with Crippen LogP contribution in [0.25, 0.3) is 0 Å². The summed E-state index contributed by atoms with van der Waals surface area (Å²) in [6.07, 6.45) is 0. The standard InChI is InChI=1S/C15H14BrF2N/c1-8-3-4-10(6-12(8)16)15(19)11-7-13(17)9(2)5-14(11)18/h3-7,15H,19H2,1-2H3. The van der Waals surface area contributed by atoms with Gasteiger partial charge >= 0.3 is 0 Å². The number of hydrogen-bond donors (Lipinski definition) is 1. The Hall–Kier alpha value is -1.26. The highest BCUT2D eigenvalue weighted by Gasteiger charge is 2.16. The number of nitrogens with two attached hydrogens (primary N) is 1. The molecular weight excluding hydrogens is 312 g/mol. The second-order valence-corrected chi connectivity index (χ2v) is 5.46. The van der Waals surface area contributed by atoms with E-state index in [1.807, 2.05) is 25.1 Å². The highest BCUT2D eigenvalue weighted by atomic mass is 79.9. The Balaban J connectivity index is 2.46. The Morgan fingerprint density at radius 2 is 1.68 bits per heavy atom. The topological polar surface area (TPSA) is 26.0 Å². The molecule has 2 N–H and O–H groups in total. The summed E-state index contributed by atoms with van der Waals surface area (Å²) in [5.41, 5.74) is 8.27. The van der Waals surface area contributed by atoms with E-state index >= 15 is 0 Å². The Morgan fingerprint density at radius 1 is 1.00 bits per heavy atom. The average Bonchev–Trinajstić information content (AvgIpc) is 2.36. The highest BCUT2D eigenvalue weighted by molar-refractivity contribution is 9.10. The van der Waals surface area contributed by atoms with Crippen LogP contribution in [0.2, 0.25) is 0 Å². The van der Waals surface area contributed by atoms with Gasteiger partial charge in [-0.2, -0.15) is 0 Å². The van der Waals surface area contributed by atoms with Crippen molar-refractivity contribution in [2.75, 3.05) is 0 Å². The molecule has 1 nitrogen and oxygen atoms in total. The summed E-state index contributed by atoms with van der Waals surface area (Å²) in [6, 6.07) is 7.20. The van der Waals surface area contributed by atoms with Crippen molar-refractivity contribution in [3.8, 4) is 0 Å². The van der Waals surface area contributed by atoms with Crippen molar-refractivity contribution in [1.82, 2.24) is 0 Å². The van der Waals surface area contributed by atoms with Gasteiger partial charge < -0.3 is 5.73 Å². The fourth-order valence-corrected chi connectivity index (χ4v) is 2.28. The first-order chi connectivity index (χ1) is 8.90. The molecule has 0 aromatic heterocycles. The first kappa shape index (κ1) is 14.2. The zero-order chi connectivity index (χ0) is 14.2. The third-order valence-corrected chi connectivity index (χ3v) is 4.02. The predicted molar refractivity (Wildman–Crippen MR) is 76.0 cm³/mol. The smallest absolute Gasteiger partial charge is 0.128 e. The van der Waals surface area contributed by atoms with Crippen molar-refractivity contribution >= 4 is 15.9 Å². The third kappa shape index (κ3) is 2.85. The third-order valence-electron chi connectivity index (χ3n) is 3.17. The molecule has 0 aliphatic rings. The van der Waals surface area contributed by atoms with E-state index < -0.39 is 17.7 Å². The quantitative estimate of drug-likeness (QED) is 0.870. The van der Waals surface area contributed by atoms with E-state index in [9.17, 15) is 8.78 Å². The molecule has 0 saturated heterocycles. The summed E-state index contributed by atoms with van der Waals surface area (Å²) >= 11 is 3.41. The molecule has 100 valence electrons. The zero-order valence-corrected chi connectivity index (χ0v) is 12.3. The molecule has 0 saturated carbocycles. The molecule has 0 heterocycles. The summed E-state index contributed by atoms with van der Waals surface area (Å²) in [5, 5.41) is 0. The maximum atomic E-state index is 13.9. The maximum Gasteiger partial charge on any atom is 0.128 e. The van der Waals surface area contributed by atoms with Gasteiger partial charge in [0.15, 0.2) is 0 Å². The zero-order valence-electron chi connectivity index (χ0n) is 10.7. The second-order valence-electron chi connectivity index (χ2n) is 4.61. The number of rotatable bonds is 2. The largest absolute Gasteiger partial charge is 0.320 e. The minimum absolute atomic E-state index is 0.166. The first-order valence-electron chi connectivity index (χ1n) is 5.87. The second kappa shape index (κ2) is 5.39. The number of benzene rings is 2. The molecule has 2 aromatic rings. The Kier molecular flexibility index (Phi) is 4.02. The number of hydrogen-bond acceptors (Lipinski definition) is 1. The van der Waals surface area contributed by atoms with Crippen LogP contribution < -0.4 is 5.73 Å². The molecule has 0 bridgehead atoms. The van der Waals surface area contributed by atoms with Crippen LogP contribution in [0.5, 0.6) is 0 Å². The van der Waals surface area contributed by atoms with Gasteiger partial charge in [-0.25, -0.2) is 8.78 Å². The maximum absolute atomic E-state index is 13.9. The van der Waals surface area contributed by atoms with Crippen LogP contribution in [0.3, 0.4) is 0 Å². The van der Waals surface area contributed by atoms with Crippen molar-refractivity contribution in [1.29, 1.82) is 0 Å². The molecule has 19 heavy (non-hydrogen) atoms. The van der Waals surface area contributed by atoms with E-state index in [0.717, 1.165) is 15.6 Å². The van der Waals surface area contributed by atoms with E-state index in [0.29, 0.717) is 0 Å². The Labute approximate surface area is 119 Å². The van der Waals surface area contributed by atoms with Crippen LogP contribution in [0.15, 0.2) is 34.8 Å². The summed E-state index contributed by atoms with van der Waals surface area (Å²) in [4.78, 5) is 0. The lowest BCUT2D eigenvalue weighted by atomic mass is 9.97. The molecule has 0 radical (unpaired) electrons. The van der Waals surface area contributed by atoms with Gasteiger partial charge in [-0.05, 0) is 48.7 Å². The van der Waals surface area contributed by atoms with Crippen molar-refractivity contribution in [2.45, 2.75) is 19.9 Å². The lowest BCUT2D eigenvalue weighted by Gasteiger charge is -2.15. The fraction of sp³-hybridized carbons (Fsp3) is 0.200. The summed E-state index contributed by atoms with van der Waals surface area (Å²) in [6.45, 7) is 3.47. The van der Waals surface area contributed by atoms with Crippen molar-refractivity contribution in [3.05, 3.63) is 68.7 Å².